The van der Waals surface area contributed by atoms with Gasteiger partial charge < -0.3 is 0 Å². The summed E-state index contributed by atoms with van der Waals surface area (Å²) in [5, 5.41) is 0. The summed E-state index contributed by atoms with van der Waals surface area (Å²) in [6, 6.07) is 7.96. The molecule has 85 valence electrons. The topological polar surface area (TPSA) is 0 Å². The van der Waals surface area contributed by atoms with Crippen LogP contribution < -0.4 is 0 Å². The fourth-order valence-corrected chi connectivity index (χ4v) is 2.53. The zero-order valence-corrected chi connectivity index (χ0v) is 13.6. The van der Waals surface area contributed by atoms with Crippen LogP contribution in [-0.4, -0.2) is 0 Å². The first-order valence-electron chi connectivity index (χ1n) is 6.15. The molecule has 0 aliphatic heterocycles. The van der Waals surface area contributed by atoms with Crippen LogP contribution in [0.5, 0.6) is 0 Å². The van der Waals surface area contributed by atoms with E-state index in [0.717, 1.165) is 11.8 Å². The maximum absolute atomic E-state index is 3.38. The molecule has 1 aromatic carbocycles. The van der Waals surface area contributed by atoms with Gasteiger partial charge in [0.2, 0.25) is 0 Å². The van der Waals surface area contributed by atoms with Gasteiger partial charge in [-0.25, -0.2) is 0 Å². The molecule has 0 amide bonds. The Balaban J connectivity index is 0.00000128. The van der Waals surface area contributed by atoms with Crippen molar-refractivity contribution in [3.8, 4) is 0 Å². The van der Waals surface area contributed by atoms with E-state index in [4.69, 9.17) is 0 Å². The second-order valence-electron chi connectivity index (χ2n) is 5.20. The number of hydrogen-bond donors (Lipinski definition) is 0. The van der Waals surface area contributed by atoms with E-state index in [1.54, 1.807) is 0 Å². The van der Waals surface area contributed by atoms with Gasteiger partial charge in [0.1, 0.15) is 0 Å². The van der Waals surface area contributed by atoms with Crippen molar-refractivity contribution in [3.05, 3.63) is 34.9 Å². The molecule has 0 heterocycles. The normalized spacial score (nSPS) is 24.9. The van der Waals surface area contributed by atoms with E-state index in [9.17, 15) is 0 Å². The summed E-state index contributed by atoms with van der Waals surface area (Å²) in [7, 11) is 0. The molecule has 0 atom stereocenters. The quantitative estimate of drug-likeness (QED) is 0.673. The van der Waals surface area contributed by atoms with Gasteiger partial charge in [0.05, 0.1) is 0 Å². The second-order valence-corrected chi connectivity index (χ2v) is 5.20. The molecule has 0 N–H and O–H groups in total. The number of benzene rings is 1. The molecule has 16 heavy (non-hydrogen) atoms. The van der Waals surface area contributed by atoms with Gasteiger partial charge in [-0.3, -0.25) is 0 Å². The first kappa shape index (κ1) is 14.4. The Bertz CT molecular complexity index is 335. The predicted molar refractivity (Wildman–Crippen MR) is 65.1 cm³/mol. The van der Waals surface area contributed by atoms with E-state index in [1.807, 2.05) is 0 Å². The predicted octanol–water partition coefficient (Wildman–Crippen LogP) is 4.39. The summed E-state index contributed by atoms with van der Waals surface area (Å²) < 4.78 is 0. The average molecular weight is 290 g/mol. The Labute approximate surface area is 125 Å². The van der Waals surface area contributed by atoms with Crippen molar-refractivity contribution in [2.24, 2.45) is 5.92 Å². The summed E-state index contributed by atoms with van der Waals surface area (Å²) >= 11 is 0. The largest absolute Gasteiger partial charge is 0.180 e. The molecule has 1 aromatic rings. The van der Waals surface area contributed by atoms with Crippen molar-refractivity contribution >= 4 is 0 Å². The Morgan fingerprint density at radius 1 is 1.12 bits per heavy atom. The minimum atomic E-state index is 0. The van der Waals surface area contributed by atoms with Crippen LogP contribution in [0.4, 0.5) is 0 Å². The maximum atomic E-state index is 3.38. The van der Waals surface area contributed by atoms with E-state index >= 15 is 0 Å². The third kappa shape index (κ3) is 3.41. The van der Waals surface area contributed by atoms with Crippen LogP contribution in [0.15, 0.2) is 12.1 Å². The SMILES string of the molecule is Cc1[c-]cc(C2CCC(C)CC2)cc1C.[Y]. The average Bonchev–Trinajstić information content (AvgIpc) is 2.23. The zero-order chi connectivity index (χ0) is 10.8. The molecular weight excluding hydrogens is 269 g/mol. The summed E-state index contributed by atoms with van der Waals surface area (Å²) in [6.45, 7) is 6.71. The number of rotatable bonds is 1. The van der Waals surface area contributed by atoms with Gasteiger partial charge >= 0.3 is 0 Å². The van der Waals surface area contributed by atoms with Crippen LogP contribution in [0, 0.1) is 25.8 Å². The first-order valence-corrected chi connectivity index (χ1v) is 6.15. The molecule has 1 fully saturated rings. The third-order valence-electron chi connectivity index (χ3n) is 3.92. The van der Waals surface area contributed by atoms with Gasteiger partial charge in [0, 0.05) is 32.7 Å². The van der Waals surface area contributed by atoms with Crippen molar-refractivity contribution in [2.75, 3.05) is 0 Å². The Kier molecular flexibility index (Phi) is 5.67. The molecule has 1 saturated carbocycles. The smallest absolute Gasteiger partial charge is 0 e. The molecule has 0 saturated heterocycles. The van der Waals surface area contributed by atoms with Crippen molar-refractivity contribution in [1.29, 1.82) is 0 Å². The molecule has 0 nitrogen and oxygen atoms in total. The van der Waals surface area contributed by atoms with E-state index in [1.165, 1.54) is 42.4 Å². The minimum Gasteiger partial charge on any atom is -0.180 e. The minimum absolute atomic E-state index is 0. The Morgan fingerprint density at radius 2 is 1.75 bits per heavy atom. The van der Waals surface area contributed by atoms with Gasteiger partial charge in [0.25, 0.3) is 0 Å². The monoisotopic (exact) mass is 290 g/mol. The molecular formula is C15H21Y-. The molecule has 2 rings (SSSR count). The van der Waals surface area contributed by atoms with Crippen molar-refractivity contribution in [3.63, 3.8) is 0 Å². The standard InChI is InChI=1S/C15H21.Y/c1-11-4-7-14(8-5-11)15-9-6-12(2)13(3)10-15;/h9-11,14H,4-5,7-8H2,1-3H3;/q-1;. The van der Waals surface area contributed by atoms with Crippen molar-refractivity contribution < 1.29 is 32.7 Å². The van der Waals surface area contributed by atoms with Gasteiger partial charge in [-0.15, -0.1) is 0 Å². The van der Waals surface area contributed by atoms with E-state index in [2.05, 4.69) is 39.0 Å². The molecule has 1 heteroatoms. The summed E-state index contributed by atoms with van der Waals surface area (Å²) in [4.78, 5) is 0. The van der Waals surface area contributed by atoms with Gasteiger partial charge in [-0.05, 0) is 5.92 Å². The second kappa shape index (κ2) is 6.31. The molecule has 1 aliphatic rings. The zero-order valence-electron chi connectivity index (χ0n) is 10.7. The van der Waals surface area contributed by atoms with Gasteiger partial charge in [-0.1, -0.05) is 52.4 Å². The molecule has 0 bridgehead atoms. The maximum Gasteiger partial charge on any atom is 0 e. The van der Waals surface area contributed by atoms with Crippen molar-refractivity contribution in [1.82, 2.24) is 0 Å². The van der Waals surface area contributed by atoms with E-state index < -0.39 is 0 Å². The van der Waals surface area contributed by atoms with Crippen LogP contribution in [0.1, 0.15) is 55.2 Å². The van der Waals surface area contributed by atoms with Crippen LogP contribution in [0.2, 0.25) is 0 Å². The first-order chi connectivity index (χ1) is 7.16. The van der Waals surface area contributed by atoms with E-state index in [-0.39, 0.29) is 32.7 Å². The molecule has 0 aromatic heterocycles. The Hall–Kier alpha value is 0.324. The van der Waals surface area contributed by atoms with Gasteiger partial charge in [0.15, 0.2) is 0 Å². The van der Waals surface area contributed by atoms with Crippen molar-refractivity contribution in [2.45, 2.75) is 52.4 Å². The summed E-state index contributed by atoms with van der Waals surface area (Å²) in [5.74, 6) is 1.74. The van der Waals surface area contributed by atoms with Gasteiger partial charge in [-0.2, -0.15) is 34.9 Å². The summed E-state index contributed by atoms with van der Waals surface area (Å²) in [6.07, 6.45) is 5.55. The van der Waals surface area contributed by atoms with Crippen LogP contribution in [0.3, 0.4) is 0 Å². The van der Waals surface area contributed by atoms with Crippen LogP contribution in [0.25, 0.3) is 0 Å². The number of aryl methyl sites for hydroxylation is 2. The van der Waals surface area contributed by atoms with E-state index in [0.29, 0.717) is 0 Å². The molecule has 0 spiro atoms. The fraction of sp³-hybridized carbons (Fsp3) is 0.600. The Morgan fingerprint density at radius 3 is 2.31 bits per heavy atom. The molecule has 1 radical (unpaired) electrons. The van der Waals surface area contributed by atoms with Crippen LogP contribution >= 0.6 is 0 Å². The van der Waals surface area contributed by atoms with Crippen LogP contribution in [-0.2, 0) is 32.7 Å². The summed E-state index contributed by atoms with van der Waals surface area (Å²) in [5.41, 5.74) is 4.21. The number of hydrogen-bond acceptors (Lipinski definition) is 0. The third-order valence-corrected chi connectivity index (χ3v) is 3.92. The fourth-order valence-electron chi connectivity index (χ4n) is 2.53. The molecule has 1 aliphatic carbocycles. The molecule has 0 unspecified atom stereocenters.